The van der Waals surface area contributed by atoms with Crippen LogP contribution in [0.15, 0.2) is 5.51 Å². The predicted molar refractivity (Wildman–Crippen MR) is 83.9 cm³/mol. The molecule has 21 heavy (non-hydrogen) atoms. The third kappa shape index (κ3) is 4.01. The topological polar surface area (TPSA) is 90.1 Å². The average Bonchev–Trinajstić information content (AvgIpc) is 2.85. The van der Waals surface area contributed by atoms with Crippen molar-refractivity contribution >= 4 is 23.2 Å². The van der Waals surface area contributed by atoms with Crippen LogP contribution in [0.2, 0.25) is 0 Å². The number of nitrogen functional groups attached to an aromatic ring is 1. The molecule has 0 aliphatic heterocycles. The highest BCUT2D eigenvalue weighted by Gasteiger charge is 2.11. The number of nitrogens with zero attached hydrogens (tertiary/aromatic N) is 5. The molecule has 0 bridgehead atoms. The van der Waals surface area contributed by atoms with Gasteiger partial charge in [0.15, 0.2) is 0 Å². The zero-order valence-electron chi connectivity index (χ0n) is 12.5. The minimum Gasteiger partial charge on any atom is -0.463 e. The molecule has 2 aromatic heterocycles. The van der Waals surface area contributed by atoms with E-state index in [9.17, 15) is 0 Å². The van der Waals surface area contributed by atoms with Gasteiger partial charge in [0.1, 0.15) is 0 Å². The summed E-state index contributed by atoms with van der Waals surface area (Å²) < 4.78 is 5.60. The van der Waals surface area contributed by atoms with Crippen LogP contribution in [0, 0.1) is 6.92 Å². The van der Waals surface area contributed by atoms with Crippen molar-refractivity contribution in [1.29, 1.82) is 0 Å². The minimum absolute atomic E-state index is 0.177. The molecule has 7 nitrogen and oxygen atoms in total. The van der Waals surface area contributed by atoms with Gasteiger partial charge in [-0.15, -0.1) is 11.3 Å². The number of aryl methyl sites for hydroxylation is 1. The van der Waals surface area contributed by atoms with Crippen LogP contribution in [-0.2, 0) is 6.42 Å². The summed E-state index contributed by atoms with van der Waals surface area (Å²) in [5, 5.41) is 0. The van der Waals surface area contributed by atoms with Crippen LogP contribution in [0.3, 0.4) is 0 Å². The second-order valence-corrected chi connectivity index (χ2v) is 5.35. The van der Waals surface area contributed by atoms with E-state index in [1.165, 1.54) is 4.88 Å². The number of anilines is 2. The number of hydrogen-bond acceptors (Lipinski definition) is 8. The first kappa shape index (κ1) is 15.4. The largest absolute Gasteiger partial charge is 0.463 e. The van der Waals surface area contributed by atoms with Crippen molar-refractivity contribution in [2.45, 2.75) is 27.2 Å². The van der Waals surface area contributed by atoms with E-state index in [4.69, 9.17) is 10.5 Å². The van der Waals surface area contributed by atoms with Crippen LogP contribution in [0.5, 0.6) is 6.01 Å². The van der Waals surface area contributed by atoms with Crippen molar-refractivity contribution in [2.75, 3.05) is 30.3 Å². The maximum atomic E-state index is 5.72. The quantitative estimate of drug-likeness (QED) is 0.832. The van der Waals surface area contributed by atoms with Crippen molar-refractivity contribution in [2.24, 2.45) is 0 Å². The molecule has 0 radical (unpaired) electrons. The van der Waals surface area contributed by atoms with Gasteiger partial charge in [-0.25, -0.2) is 4.98 Å². The van der Waals surface area contributed by atoms with Crippen LogP contribution in [0.4, 0.5) is 11.9 Å². The van der Waals surface area contributed by atoms with Crippen LogP contribution >= 0.6 is 11.3 Å². The molecule has 114 valence electrons. The summed E-state index contributed by atoms with van der Waals surface area (Å²) in [6, 6.07) is 0.270. The molecule has 0 unspecified atom stereocenters. The predicted octanol–water partition coefficient (Wildman–Crippen LogP) is 1.69. The number of nitrogens with two attached hydrogens (primary N) is 1. The highest BCUT2D eigenvalue weighted by molar-refractivity contribution is 7.09. The Kier molecular flexibility index (Phi) is 5.26. The third-order valence-electron chi connectivity index (χ3n) is 3.07. The van der Waals surface area contributed by atoms with Crippen molar-refractivity contribution in [3.8, 4) is 6.01 Å². The molecule has 0 spiro atoms. The Bertz CT molecular complexity index is 584. The van der Waals surface area contributed by atoms with Gasteiger partial charge < -0.3 is 15.4 Å². The van der Waals surface area contributed by atoms with Crippen molar-refractivity contribution in [1.82, 2.24) is 19.9 Å². The minimum atomic E-state index is 0.177. The van der Waals surface area contributed by atoms with E-state index in [1.807, 2.05) is 31.2 Å². The van der Waals surface area contributed by atoms with Gasteiger partial charge in [-0.05, 0) is 20.8 Å². The lowest BCUT2D eigenvalue weighted by atomic mass is 10.3. The lowest BCUT2D eigenvalue weighted by molar-refractivity contribution is 0.296. The highest BCUT2D eigenvalue weighted by Crippen LogP contribution is 2.15. The van der Waals surface area contributed by atoms with E-state index < -0.39 is 0 Å². The molecule has 2 heterocycles. The van der Waals surface area contributed by atoms with Gasteiger partial charge in [0.05, 0.1) is 17.8 Å². The molecular formula is C13H20N6OS. The van der Waals surface area contributed by atoms with Gasteiger partial charge in [-0.2, -0.15) is 15.0 Å². The second kappa shape index (κ2) is 7.16. The second-order valence-electron chi connectivity index (χ2n) is 4.41. The van der Waals surface area contributed by atoms with Gasteiger partial charge in [0.25, 0.3) is 0 Å². The van der Waals surface area contributed by atoms with Crippen molar-refractivity contribution in [3.63, 3.8) is 0 Å². The fourth-order valence-corrected chi connectivity index (χ4v) is 2.64. The number of rotatable bonds is 7. The summed E-state index contributed by atoms with van der Waals surface area (Å²) in [5.41, 5.74) is 8.60. The number of thiazole rings is 1. The molecule has 0 amide bonds. The monoisotopic (exact) mass is 308 g/mol. The summed E-state index contributed by atoms with van der Waals surface area (Å²) in [5.74, 6) is 0.729. The van der Waals surface area contributed by atoms with Crippen LogP contribution in [0.25, 0.3) is 0 Å². The molecule has 0 fully saturated rings. The fourth-order valence-electron chi connectivity index (χ4n) is 1.87. The standard InChI is InChI=1S/C13H20N6OS/c1-4-19(5-2)12-16-11(14)17-13(18-12)20-7-6-10-9(3)15-8-21-10/h8H,4-7H2,1-3H3,(H2,14,16,17,18). The van der Waals surface area contributed by atoms with Crippen LogP contribution in [0.1, 0.15) is 24.4 Å². The fraction of sp³-hybridized carbons (Fsp3) is 0.538. The van der Waals surface area contributed by atoms with E-state index >= 15 is 0 Å². The molecule has 8 heteroatoms. The molecule has 0 aliphatic rings. The molecular weight excluding hydrogens is 288 g/mol. The normalized spacial score (nSPS) is 10.6. The summed E-state index contributed by atoms with van der Waals surface area (Å²) >= 11 is 1.63. The zero-order chi connectivity index (χ0) is 15.2. The van der Waals surface area contributed by atoms with Gasteiger partial charge in [-0.1, -0.05) is 0 Å². The van der Waals surface area contributed by atoms with Gasteiger partial charge in [0, 0.05) is 24.4 Å². The highest BCUT2D eigenvalue weighted by atomic mass is 32.1. The molecule has 0 aromatic carbocycles. The first-order valence-electron chi connectivity index (χ1n) is 6.92. The lowest BCUT2D eigenvalue weighted by Crippen LogP contribution is -2.25. The van der Waals surface area contributed by atoms with Gasteiger partial charge >= 0.3 is 6.01 Å². The van der Waals surface area contributed by atoms with E-state index in [2.05, 4.69) is 19.9 Å². The third-order valence-corrected chi connectivity index (χ3v) is 4.07. The first-order chi connectivity index (χ1) is 10.1. The SMILES string of the molecule is CCN(CC)c1nc(N)nc(OCCc2scnc2C)n1. The maximum Gasteiger partial charge on any atom is 0.323 e. The van der Waals surface area contributed by atoms with E-state index in [1.54, 1.807) is 11.3 Å². The average molecular weight is 308 g/mol. The van der Waals surface area contributed by atoms with Gasteiger partial charge in [0.2, 0.25) is 11.9 Å². The molecule has 0 saturated carbocycles. The molecule has 2 aromatic rings. The van der Waals surface area contributed by atoms with E-state index in [0.29, 0.717) is 12.6 Å². The summed E-state index contributed by atoms with van der Waals surface area (Å²) in [4.78, 5) is 19.9. The molecule has 0 aliphatic carbocycles. The Labute approximate surface area is 128 Å². The summed E-state index contributed by atoms with van der Waals surface area (Å²) in [6.45, 7) is 8.17. The summed E-state index contributed by atoms with van der Waals surface area (Å²) in [6.07, 6.45) is 0.780. The Hall–Kier alpha value is -1.96. The van der Waals surface area contributed by atoms with Crippen LogP contribution < -0.4 is 15.4 Å². The van der Waals surface area contributed by atoms with Gasteiger partial charge in [-0.3, -0.25) is 0 Å². The molecule has 2 N–H and O–H groups in total. The number of ether oxygens (including phenoxy) is 1. The number of hydrogen-bond donors (Lipinski definition) is 1. The van der Waals surface area contributed by atoms with Crippen LogP contribution in [-0.4, -0.2) is 39.6 Å². The first-order valence-corrected chi connectivity index (χ1v) is 7.80. The summed E-state index contributed by atoms with van der Waals surface area (Å²) in [7, 11) is 0. The smallest absolute Gasteiger partial charge is 0.323 e. The zero-order valence-corrected chi connectivity index (χ0v) is 13.4. The molecule has 0 atom stereocenters. The Morgan fingerprint density at radius 2 is 2.00 bits per heavy atom. The van der Waals surface area contributed by atoms with E-state index in [-0.39, 0.29) is 12.0 Å². The van der Waals surface area contributed by atoms with Crippen molar-refractivity contribution in [3.05, 3.63) is 16.1 Å². The Morgan fingerprint density at radius 3 is 2.62 bits per heavy atom. The Balaban J connectivity index is 2.01. The van der Waals surface area contributed by atoms with Crippen molar-refractivity contribution < 1.29 is 4.74 Å². The molecule has 2 rings (SSSR count). The number of aromatic nitrogens is 4. The van der Waals surface area contributed by atoms with E-state index in [0.717, 1.165) is 25.2 Å². The Morgan fingerprint density at radius 1 is 1.24 bits per heavy atom. The molecule has 0 saturated heterocycles. The maximum absolute atomic E-state index is 5.72. The lowest BCUT2D eigenvalue weighted by Gasteiger charge is -2.18.